The van der Waals surface area contributed by atoms with E-state index in [-0.39, 0.29) is 18.3 Å². The molecule has 144 valence electrons. The summed E-state index contributed by atoms with van der Waals surface area (Å²) in [7, 11) is -0.296. The number of fused-ring (bicyclic) bond motifs is 1. The molecule has 3 nitrogen and oxygen atoms in total. The molecule has 2 fully saturated rings. The highest BCUT2D eigenvalue weighted by molar-refractivity contribution is 6.62. The molecular weight excluding hydrogens is 333 g/mol. The van der Waals surface area contributed by atoms with Crippen molar-refractivity contribution in [2.45, 2.75) is 71.1 Å². The van der Waals surface area contributed by atoms with Crippen LogP contribution in [0, 0.1) is 0 Å². The largest absolute Gasteiger partial charge is 0.494 e. The Kier molecular flexibility index (Phi) is 4.86. The van der Waals surface area contributed by atoms with Gasteiger partial charge in [0.15, 0.2) is 0 Å². The van der Waals surface area contributed by atoms with Crippen molar-refractivity contribution >= 4 is 23.4 Å². The van der Waals surface area contributed by atoms with E-state index < -0.39 is 0 Å². The topological polar surface area (TPSA) is 21.7 Å². The van der Waals surface area contributed by atoms with E-state index in [1.165, 1.54) is 42.3 Å². The first kappa shape index (κ1) is 19.0. The van der Waals surface area contributed by atoms with Crippen LogP contribution in [-0.2, 0) is 15.7 Å². The SMILES string of the molecule is CC1CCCN1CCc1ccc2cc(B3OC(C)(C)C(C)(C)O3)ccc2c1. The number of hydrogen-bond donors (Lipinski definition) is 0. The van der Waals surface area contributed by atoms with Crippen molar-refractivity contribution in [3.63, 3.8) is 0 Å². The van der Waals surface area contributed by atoms with Gasteiger partial charge in [-0.15, -0.1) is 0 Å². The van der Waals surface area contributed by atoms with Gasteiger partial charge in [0.25, 0.3) is 0 Å². The van der Waals surface area contributed by atoms with Gasteiger partial charge >= 0.3 is 7.12 Å². The van der Waals surface area contributed by atoms with Gasteiger partial charge in [-0.25, -0.2) is 0 Å². The third-order valence-electron chi connectivity index (χ3n) is 6.83. The molecule has 4 heteroatoms. The Hall–Kier alpha value is -1.36. The predicted octanol–water partition coefficient (Wildman–Crippen LogP) is 4.17. The summed E-state index contributed by atoms with van der Waals surface area (Å²) in [4.78, 5) is 2.62. The van der Waals surface area contributed by atoms with Crippen LogP contribution in [0.3, 0.4) is 0 Å². The van der Waals surface area contributed by atoms with Gasteiger partial charge in [-0.3, -0.25) is 0 Å². The summed E-state index contributed by atoms with van der Waals surface area (Å²) in [5.41, 5.74) is 1.91. The maximum atomic E-state index is 6.20. The zero-order valence-electron chi connectivity index (χ0n) is 17.4. The molecule has 2 aromatic rings. The molecule has 4 rings (SSSR count). The molecule has 0 spiro atoms. The van der Waals surface area contributed by atoms with Gasteiger partial charge in [0.05, 0.1) is 11.2 Å². The minimum Gasteiger partial charge on any atom is -0.399 e. The van der Waals surface area contributed by atoms with Crippen molar-refractivity contribution in [1.29, 1.82) is 0 Å². The molecule has 2 heterocycles. The van der Waals surface area contributed by atoms with Crippen LogP contribution in [0.4, 0.5) is 0 Å². The van der Waals surface area contributed by atoms with Gasteiger partial charge < -0.3 is 14.2 Å². The first-order valence-electron chi connectivity index (χ1n) is 10.4. The summed E-state index contributed by atoms with van der Waals surface area (Å²) in [5.74, 6) is 0. The smallest absolute Gasteiger partial charge is 0.399 e. The highest BCUT2D eigenvalue weighted by Crippen LogP contribution is 2.36. The Balaban J connectivity index is 1.49. The minimum absolute atomic E-state index is 0.296. The van der Waals surface area contributed by atoms with Crippen molar-refractivity contribution < 1.29 is 9.31 Å². The summed E-state index contributed by atoms with van der Waals surface area (Å²) in [5, 5.41) is 2.54. The molecule has 2 saturated heterocycles. The molecule has 2 aromatic carbocycles. The Bertz CT molecular complexity index is 816. The Morgan fingerprint density at radius 2 is 1.67 bits per heavy atom. The zero-order valence-corrected chi connectivity index (χ0v) is 17.4. The molecule has 0 radical (unpaired) electrons. The van der Waals surface area contributed by atoms with E-state index in [0.717, 1.165) is 17.9 Å². The molecule has 1 atom stereocenters. The molecule has 0 aliphatic carbocycles. The van der Waals surface area contributed by atoms with Crippen molar-refractivity contribution in [3.05, 3.63) is 42.0 Å². The van der Waals surface area contributed by atoms with Crippen molar-refractivity contribution in [3.8, 4) is 0 Å². The van der Waals surface area contributed by atoms with Gasteiger partial charge in [0.2, 0.25) is 0 Å². The molecule has 0 aromatic heterocycles. The van der Waals surface area contributed by atoms with Gasteiger partial charge in [-0.1, -0.05) is 36.4 Å². The third kappa shape index (κ3) is 3.67. The molecule has 0 N–H and O–H groups in total. The van der Waals surface area contributed by atoms with Gasteiger partial charge in [-0.05, 0) is 82.2 Å². The van der Waals surface area contributed by atoms with Gasteiger partial charge in [0.1, 0.15) is 0 Å². The second-order valence-corrected chi connectivity index (χ2v) is 9.31. The zero-order chi connectivity index (χ0) is 19.2. The fraction of sp³-hybridized carbons (Fsp3) is 0.565. The maximum absolute atomic E-state index is 6.20. The fourth-order valence-corrected chi connectivity index (χ4v) is 4.19. The quantitative estimate of drug-likeness (QED) is 0.760. The second-order valence-electron chi connectivity index (χ2n) is 9.31. The second kappa shape index (κ2) is 6.91. The molecule has 2 aliphatic heterocycles. The van der Waals surface area contributed by atoms with Crippen molar-refractivity contribution in [2.24, 2.45) is 0 Å². The van der Waals surface area contributed by atoms with E-state index in [9.17, 15) is 0 Å². The Morgan fingerprint density at radius 3 is 2.33 bits per heavy atom. The summed E-state index contributed by atoms with van der Waals surface area (Å²) >= 11 is 0. The summed E-state index contributed by atoms with van der Waals surface area (Å²) < 4.78 is 12.4. The predicted molar refractivity (Wildman–Crippen MR) is 114 cm³/mol. The summed E-state index contributed by atoms with van der Waals surface area (Å²) in [6.45, 7) is 13.2. The van der Waals surface area contributed by atoms with Gasteiger partial charge in [0, 0.05) is 12.6 Å². The number of rotatable bonds is 4. The van der Waals surface area contributed by atoms with E-state index in [1.807, 2.05) is 0 Å². The number of nitrogens with zero attached hydrogens (tertiary/aromatic N) is 1. The maximum Gasteiger partial charge on any atom is 0.494 e. The average molecular weight is 365 g/mol. The van der Waals surface area contributed by atoms with Crippen LogP contribution in [0.25, 0.3) is 10.8 Å². The lowest BCUT2D eigenvalue weighted by molar-refractivity contribution is 0.00578. The van der Waals surface area contributed by atoms with Crippen LogP contribution < -0.4 is 5.46 Å². The minimum atomic E-state index is -0.302. The summed E-state index contributed by atoms with van der Waals surface area (Å²) in [6.07, 6.45) is 3.82. The van der Waals surface area contributed by atoms with E-state index in [2.05, 4.69) is 75.9 Å². The van der Waals surface area contributed by atoms with Crippen LogP contribution in [0.2, 0.25) is 0 Å². The Morgan fingerprint density at radius 1 is 1.00 bits per heavy atom. The molecule has 27 heavy (non-hydrogen) atoms. The van der Waals surface area contributed by atoms with Crippen LogP contribution >= 0.6 is 0 Å². The molecule has 0 amide bonds. The first-order chi connectivity index (χ1) is 12.7. The summed E-state index contributed by atoms with van der Waals surface area (Å²) in [6, 6.07) is 14.2. The van der Waals surface area contributed by atoms with E-state index in [4.69, 9.17) is 9.31 Å². The van der Waals surface area contributed by atoms with Crippen LogP contribution in [0.5, 0.6) is 0 Å². The van der Waals surface area contributed by atoms with Crippen molar-refractivity contribution in [1.82, 2.24) is 4.90 Å². The molecule has 0 saturated carbocycles. The number of likely N-dealkylation sites (tertiary alicyclic amines) is 1. The first-order valence-corrected chi connectivity index (χ1v) is 10.4. The van der Waals surface area contributed by atoms with Crippen molar-refractivity contribution in [2.75, 3.05) is 13.1 Å². The van der Waals surface area contributed by atoms with E-state index in [1.54, 1.807) is 0 Å². The molecule has 2 aliphatic rings. The molecule has 0 bridgehead atoms. The lowest BCUT2D eigenvalue weighted by atomic mass is 9.78. The normalized spacial score (nSPS) is 24.8. The average Bonchev–Trinajstić information content (AvgIpc) is 3.12. The fourth-order valence-electron chi connectivity index (χ4n) is 4.19. The third-order valence-corrected chi connectivity index (χ3v) is 6.83. The standard InChI is InChI=1S/C23H32BNO2/c1-17-7-6-13-25(17)14-12-18-8-9-20-16-21(11-10-19(20)15-18)24-26-22(2,3)23(4,5)27-24/h8-11,15-17H,6-7,12-14H2,1-5H3. The van der Waals surface area contributed by atoms with E-state index >= 15 is 0 Å². The molecular formula is C23H32BNO2. The monoisotopic (exact) mass is 365 g/mol. The van der Waals surface area contributed by atoms with Gasteiger partial charge in [-0.2, -0.15) is 0 Å². The van der Waals surface area contributed by atoms with Crippen LogP contribution in [0.15, 0.2) is 36.4 Å². The lowest BCUT2D eigenvalue weighted by Crippen LogP contribution is -2.41. The highest BCUT2D eigenvalue weighted by Gasteiger charge is 2.51. The molecule has 1 unspecified atom stereocenters. The Labute approximate surface area is 164 Å². The van der Waals surface area contributed by atoms with Crippen LogP contribution in [-0.4, -0.2) is 42.4 Å². The highest BCUT2D eigenvalue weighted by atomic mass is 16.7. The lowest BCUT2D eigenvalue weighted by Gasteiger charge is -2.32. The number of benzene rings is 2. The van der Waals surface area contributed by atoms with Crippen LogP contribution in [0.1, 0.15) is 53.0 Å². The number of hydrogen-bond acceptors (Lipinski definition) is 3. The van der Waals surface area contributed by atoms with E-state index in [0.29, 0.717) is 0 Å².